The van der Waals surface area contributed by atoms with E-state index < -0.39 is 0 Å². The van der Waals surface area contributed by atoms with E-state index in [1.807, 2.05) is 24.3 Å². The van der Waals surface area contributed by atoms with Crippen molar-refractivity contribution in [3.8, 4) is 6.07 Å². The number of rotatable bonds is 1. The lowest BCUT2D eigenvalue weighted by Crippen LogP contribution is -2.15. The lowest BCUT2D eigenvalue weighted by Gasteiger charge is -2.15. The van der Waals surface area contributed by atoms with Crippen molar-refractivity contribution < 1.29 is 0 Å². The predicted octanol–water partition coefficient (Wildman–Crippen LogP) is 2.06. The van der Waals surface area contributed by atoms with Crippen molar-refractivity contribution in [2.75, 3.05) is 10.6 Å². The largest absolute Gasteiger partial charge is 0.397 e. The van der Waals surface area contributed by atoms with Gasteiger partial charge in [0, 0.05) is 24.8 Å². The summed E-state index contributed by atoms with van der Waals surface area (Å²) in [6.07, 6.45) is 1.78. The van der Waals surface area contributed by atoms with Crippen LogP contribution in [0.3, 0.4) is 0 Å². The van der Waals surface area contributed by atoms with E-state index in [0.29, 0.717) is 17.8 Å². The van der Waals surface area contributed by atoms with Crippen molar-refractivity contribution >= 4 is 11.5 Å². The molecule has 0 aliphatic carbocycles. The van der Waals surface area contributed by atoms with Crippen LogP contribution in [0.2, 0.25) is 0 Å². The van der Waals surface area contributed by atoms with E-state index in [9.17, 15) is 0 Å². The molecule has 1 aromatic carbocycles. The van der Waals surface area contributed by atoms with Crippen LogP contribution in [-0.2, 0) is 13.1 Å². The van der Waals surface area contributed by atoms with Crippen LogP contribution in [0.4, 0.5) is 11.5 Å². The molecular weight excluding hydrogens is 224 g/mol. The Morgan fingerprint density at radius 2 is 2.11 bits per heavy atom. The molecule has 1 aromatic heterocycles. The monoisotopic (exact) mass is 236 g/mol. The zero-order chi connectivity index (χ0) is 12.5. The molecule has 2 aromatic rings. The highest BCUT2D eigenvalue weighted by atomic mass is 15.2. The van der Waals surface area contributed by atoms with E-state index in [1.165, 1.54) is 5.56 Å². The second-order valence-electron chi connectivity index (χ2n) is 4.32. The highest BCUT2D eigenvalue weighted by Gasteiger charge is 2.23. The number of nitriles is 1. The van der Waals surface area contributed by atoms with Crippen LogP contribution in [0.25, 0.3) is 0 Å². The van der Waals surface area contributed by atoms with Crippen molar-refractivity contribution in [3.63, 3.8) is 0 Å². The maximum atomic E-state index is 8.98. The molecule has 0 bridgehead atoms. The highest BCUT2D eigenvalue weighted by molar-refractivity contribution is 5.65. The van der Waals surface area contributed by atoms with Crippen LogP contribution in [0.5, 0.6) is 0 Å². The zero-order valence-corrected chi connectivity index (χ0v) is 9.80. The summed E-state index contributed by atoms with van der Waals surface area (Å²) in [5.41, 5.74) is 9.41. The van der Waals surface area contributed by atoms with Gasteiger partial charge in [-0.2, -0.15) is 5.26 Å². The van der Waals surface area contributed by atoms with Gasteiger partial charge >= 0.3 is 0 Å². The average Bonchev–Trinajstić information content (AvgIpc) is 2.85. The first-order valence-electron chi connectivity index (χ1n) is 5.76. The second-order valence-corrected chi connectivity index (χ2v) is 4.32. The van der Waals surface area contributed by atoms with Gasteiger partial charge in [0.25, 0.3) is 0 Å². The fourth-order valence-electron chi connectivity index (χ4n) is 2.30. The van der Waals surface area contributed by atoms with E-state index in [-0.39, 0.29) is 0 Å². The number of nitrogens with two attached hydrogens (primary N) is 1. The topological polar surface area (TPSA) is 65.9 Å². The minimum atomic E-state index is 0.552. The van der Waals surface area contributed by atoms with Crippen LogP contribution in [-0.4, -0.2) is 4.98 Å². The third kappa shape index (κ3) is 1.57. The Morgan fingerprint density at radius 1 is 1.22 bits per heavy atom. The number of fused-ring (bicyclic) bond motifs is 1. The lowest BCUT2D eigenvalue weighted by molar-refractivity contribution is 0.857. The number of hydrogen-bond acceptors (Lipinski definition) is 4. The van der Waals surface area contributed by atoms with Crippen LogP contribution in [0, 0.1) is 11.3 Å². The van der Waals surface area contributed by atoms with Crippen molar-refractivity contribution in [2.45, 2.75) is 13.1 Å². The molecule has 88 valence electrons. The third-order valence-corrected chi connectivity index (χ3v) is 3.26. The van der Waals surface area contributed by atoms with Crippen LogP contribution < -0.4 is 10.6 Å². The number of benzene rings is 1. The molecule has 2 heterocycles. The molecule has 0 fully saturated rings. The molecule has 3 rings (SSSR count). The number of hydrogen-bond donors (Lipinski definition) is 1. The zero-order valence-electron chi connectivity index (χ0n) is 9.80. The predicted molar refractivity (Wildman–Crippen MR) is 69.7 cm³/mol. The number of aromatic nitrogens is 1. The van der Waals surface area contributed by atoms with Crippen molar-refractivity contribution in [3.05, 3.63) is 53.2 Å². The molecule has 4 heteroatoms. The quantitative estimate of drug-likeness (QED) is 0.769. The maximum Gasteiger partial charge on any atom is 0.129 e. The van der Waals surface area contributed by atoms with Gasteiger partial charge in [-0.25, -0.2) is 4.98 Å². The van der Waals surface area contributed by atoms with Crippen LogP contribution >= 0.6 is 0 Å². The maximum absolute atomic E-state index is 8.98. The number of nitrogen functional groups attached to an aromatic ring is 1. The van der Waals surface area contributed by atoms with Crippen molar-refractivity contribution in [1.82, 2.24) is 4.98 Å². The van der Waals surface area contributed by atoms with Crippen LogP contribution in [0.15, 0.2) is 36.5 Å². The van der Waals surface area contributed by atoms with Gasteiger partial charge in [0.15, 0.2) is 0 Å². The Balaban J connectivity index is 1.97. The Labute approximate surface area is 105 Å². The van der Waals surface area contributed by atoms with Gasteiger partial charge in [0.1, 0.15) is 11.9 Å². The fraction of sp³-hybridized carbons (Fsp3) is 0.143. The Kier molecular flexibility index (Phi) is 2.38. The van der Waals surface area contributed by atoms with Gasteiger partial charge in [-0.1, -0.05) is 12.1 Å². The summed E-state index contributed by atoms with van der Waals surface area (Å²) in [6, 6.07) is 11.7. The normalized spacial score (nSPS) is 13.2. The smallest absolute Gasteiger partial charge is 0.129 e. The summed E-state index contributed by atoms with van der Waals surface area (Å²) in [7, 11) is 0. The molecule has 0 spiro atoms. The first kappa shape index (κ1) is 10.6. The van der Waals surface area contributed by atoms with Crippen molar-refractivity contribution in [2.24, 2.45) is 0 Å². The summed E-state index contributed by atoms with van der Waals surface area (Å²) in [5.74, 6) is 0.937. The molecule has 4 nitrogen and oxygen atoms in total. The molecule has 2 N–H and O–H groups in total. The summed E-state index contributed by atoms with van der Waals surface area (Å²) in [5, 5.41) is 8.98. The highest BCUT2D eigenvalue weighted by Crippen LogP contribution is 2.32. The first-order valence-corrected chi connectivity index (χ1v) is 5.76. The summed E-state index contributed by atoms with van der Waals surface area (Å²) < 4.78 is 0. The van der Waals surface area contributed by atoms with E-state index in [1.54, 1.807) is 12.3 Å². The third-order valence-electron chi connectivity index (χ3n) is 3.26. The van der Waals surface area contributed by atoms with E-state index in [0.717, 1.165) is 17.9 Å². The van der Waals surface area contributed by atoms with E-state index >= 15 is 0 Å². The van der Waals surface area contributed by atoms with E-state index in [2.05, 4.69) is 16.0 Å². The van der Waals surface area contributed by atoms with E-state index in [4.69, 9.17) is 11.0 Å². The van der Waals surface area contributed by atoms with Crippen LogP contribution in [0.1, 0.15) is 16.7 Å². The Hall–Kier alpha value is -2.54. The fourth-order valence-corrected chi connectivity index (χ4v) is 2.30. The van der Waals surface area contributed by atoms with Gasteiger partial charge in [0.2, 0.25) is 0 Å². The van der Waals surface area contributed by atoms with Gasteiger partial charge in [-0.15, -0.1) is 0 Å². The average molecular weight is 236 g/mol. The summed E-state index contributed by atoms with van der Waals surface area (Å²) >= 11 is 0. The van der Waals surface area contributed by atoms with Gasteiger partial charge in [-0.05, 0) is 23.8 Å². The molecule has 0 radical (unpaired) electrons. The molecular formula is C14H12N4. The Morgan fingerprint density at radius 3 is 2.83 bits per heavy atom. The summed E-state index contributed by atoms with van der Waals surface area (Å²) in [6.45, 7) is 1.51. The van der Waals surface area contributed by atoms with Gasteiger partial charge in [0.05, 0.1) is 11.3 Å². The molecule has 1 aliphatic rings. The molecule has 1 aliphatic heterocycles. The number of pyridine rings is 1. The first-order chi connectivity index (χ1) is 8.79. The SMILES string of the molecule is N#Cc1ccc2c(c1N)CN(c1ccccn1)C2. The summed E-state index contributed by atoms with van der Waals surface area (Å²) in [4.78, 5) is 6.49. The van der Waals surface area contributed by atoms with Gasteiger partial charge in [-0.3, -0.25) is 0 Å². The minimum absolute atomic E-state index is 0.552. The molecule has 0 saturated heterocycles. The molecule has 0 unspecified atom stereocenters. The lowest BCUT2D eigenvalue weighted by atomic mass is 10.0. The molecule has 0 saturated carbocycles. The minimum Gasteiger partial charge on any atom is -0.397 e. The Bertz CT molecular complexity index is 628. The number of nitrogens with zero attached hydrogens (tertiary/aromatic N) is 3. The van der Waals surface area contributed by atoms with Crippen molar-refractivity contribution in [1.29, 1.82) is 5.26 Å². The second kappa shape index (κ2) is 4.04. The van der Waals surface area contributed by atoms with Gasteiger partial charge < -0.3 is 10.6 Å². The molecule has 0 atom stereocenters. The standard InChI is InChI=1S/C14H12N4/c15-7-10-4-5-11-8-18(9-12(11)14(10)16)13-3-1-2-6-17-13/h1-6H,8-9,16H2. The number of anilines is 2. The molecule has 18 heavy (non-hydrogen) atoms. The molecule has 0 amide bonds.